The van der Waals surface area contributed by atoms with E-state index in [4.69, 9.17) is 9.47 Å². The zero-order valence-electron chi connectivity index (χ0n) is 15.8. The van der Waals surface area contributed by atoms with Gasteiger partial charge < -0.3 is 14.4 Å². The molecular weight excluding hydrogens is 330 g/mol. The standard InChI is InChI=1S/C20H27N3O3/c1-4-23-15(2)19(12-21-23)20(24)22(14-18-6-5-11-26-18)13-16-7-9-17(25-3)10-8-16/h7-10,12,18H,4-6,11,13-14H2,1-3H3/t18-/m0/s1. The minimum Gasteiger partial charge on any atom is -0.497 e. The van der Waals surface area contributed by atoms with Crippen LogP contribution in [0.25, 0.3) is 0 Å². The third kappa shape index (κ3) is 4.07. The molecule has 1 aliphatic heterocycles. The fourth-order valence-electron chi connectivity index (χ4n) is 3.35. The molecule has 1 fully saturated rings. The van der Waals surface area contributed by atoms with E-state index in [-0.39, 0.29) is 12.0 Å². The van der Waals surface area contributed by atoms with Crippen LogP contribution in [-0.2, 0) is 17.8 Å². The third-order valence-corrected chi connectivity index (χ3v) is 4.90. The van der Waals surface area contributed by atoms with Crippen LogP contribution >= 0.6 is 0 Å². The molecule has 2 aromatic rings. The molecule has 1 aromatic heterocycles. The number of amides is 1. The van der Waals surface area contributed by atoms with Gasteiger partial charge in [-0.25, -0.2) is 0 Å². The zero-order valence-corrected chi connectivity index (χ0v) is 15.8. The Morgan fingerprint density at radius 3 is 2.73 bits per heavy atom. The minimum absolute atomic E-state index is 0.00789. The number of carbonyl (C=O) groups excluding carboxylic acids is 1. The summed E-state index contributed by atoms with van der Waals surface area (Å²) in [5.41, 5.74) is 2.64. The van der Waals surface area contributed by atoms with E-state index >= 15 is 0 Å². The van der Waals surface area contributed by atoms with Crippen LogP contribution in [-0.4, -0.2) is 47.0 Å². The number of benzene rings is 1. The van der Waals surface area contributed by atoms with Crippen molar-refractivity contribution in [3.05, 3.63) is 47.3 Å². The van der Waals surface area contributed by atoms with E-state index in [0.29, 0.717) is 18.7 Å². The van der Waals surface area contributed by atoms with Crippen molar-refractivity contribution in [1.82, 2.24) is 14.7 Å². The van der Waals surface area contributed by atoms with Crippen molar-refractivity contribution in [1.29, 1.82) is 0 Å². The van der Waals surface area contributed by atoms with Crippen LogP contribution in [0.5, 0.6) is 5.75 Å². The highest BCUT2D eigenvalue weighted by Crippen LogP contribution is 2.20. The van der Waals surface area contributed by atoms with E-state index in [0.717, 1.165) is 43.0 Å². The third-order valence-electron chi connectivity index (χ3n) is 4.90. The Kier molecular flexibility index (Phi) is 5.93. The first-order valence-electron chi connectivity index (χ1n) is 9.18. The molecule has 0 unspecified atom stereocenters. The molecule has 0 bridgehead atoms. The van der Waals surface area contributed by atoms with E-state index in [1.807, 2.05) is 47.7 Å². The second-order valence-corrected chi connectivity index (χ2v) is 6.63. The predicted molar refractivity (Wildman–Crippen MR) is 99.3 cm³/mol. The van der Waals surface area contributed by atoms with Gasteiger partial charge in [-0.05, 0) is 44.4 Å². The lowest BCUT2D eigenvalue weighted by Crippen LogP contribution is -2.37. The predicted octanol–water partition coefficient (Wildman–Crippen LogP) is 3.04. The van der Waals surface area contributed by atoms with Crippen LogP contribution in [0.2, 0.25) is 0 Å². The quantitative estimate of drug-likeness (QED) is 0.764. The van der Waals surface area contributed by atoms with Crippen molar-refractivity contribution in [3.63, 3.8) is 0 Å². The first kappa shape index (κ1) is 18.5. The molecule has 0 spiro atoms. The summed E-state index contributed by atoms with van der Waals surface area (Å²) in [6.07, 6.45) is 3.85. The summed E-state index contributed by atoms with van der Waals surface area (Å²) in [5.74, 6) is 0.819. The number of nitrogens with zero attached hydrogens (tertiary/aromatic N) is 3. The molecule has 2 heterocycles. The molecule has 1 saturated heterocycles. The molecule has 1 amide bonds. The number of methoxy groups -OCH3 is 1. The van der Waals surface area contributed by atoms with Crippen LogP contribution in [0.3, 0.4) is 0 Å². The summed E-state index contributed by atoms with van der Waals surface area (Å²) >= 11 is 0. The number of rotatable bonds is 7. The Morgan fingerprint density at radius 1 is 1.38 bits per heavy atom. The topological polar surface area (TPSA) is 56.6 Å². The lowest BCUT2D eigenvalue weighted by Gasteiger charge is -2.25. The average molecular weight is 357 g/mol. The fraction of sp³-hybridized carbons (Fsp3) is 0.500. The van der Waals surface area contributed by atoms with Gasteiger partial charge in [0.1, 0.15) is 5.75 Å². The number of aromatic nitrogens is 2. The smallest absolute Gasteiger partial charge is 0.257 e. The van der Waals surface area contributed by atoms with Gasteiger partial charge in [-0.3, -0.25) is 9.48 Å². The molecule has 6 heteroatoms. The highest BCUT2D eigenvalue weighted by Gasteiger charge is 2.25. The molecule has 0 aliphatic carbocycles. The largest absolute Gasteiger partial charge is 0.497 e. The number of carbonyl (C=O) groups is 1. The van der Waals surface area contributed by atoms with Gasteiger partial charge in [0.05, 0.1) is 25.0 Å². The molecule has 0 radical (unpaired) electrons. The van der Waals surface area contributed by atoms with Crippen molar-refractivity contribution in [3.8, 4) is 5.75 Å². The SMILES string of the molecule is CCn1ncc(C(=O)N(Cc2ccc(OC)cc2)C[C@@H]2CCCO2)c1C. The van der Waals surface area contributed by atoms with Gasteiger partial charge in [-0.1, -0.05) is 12.1 Å². The maximum absolute atomic E-state index is 13.2. The minimum atomic E-state index is 0.00789. The van der Waals surface area contributed by atoms with Crippen LogP contribution in [0.15, 0.2) is 30.5 Å². The summed E-state index contributed by atoms with van der Waals surface area (Å²) in [6.45, 7) is 6.64. The Labute approximate surface area is 154 Å². The van der Waals surface area contributed by atoms with Crippen molar-refractivity contribution < 1.29 is 14.3 Å². The molecule has 26 heavy (non-hydrogen) atoms. The zero-order chi connectivity index (χ0) is 18.5. The number of hydrogen-bond acceptors (Lipinski definition) is 4. The number of ether oxygens (including phenoxy) is 2. The van der Waals surface area contributed by atoms with E-state index in [9.17, 15) is 4.79 Å². The van der Waals surface area contributed by atoms with Gasteiger partial charge in [0.15, 0.2) is 0 Å². The lowest BCUT2D eigenvalue weighted by atomic mass is 10.1. The highest BCUT2D eigenvalue weighted by atomic mass is 16.5. The normalized spacial score (nSPS) is 16.7. The Balaban J connectivity index is 1.81. The van der Waals surface area contributed by atoms with E-state index in [2.05, 4.69) is 5.10 Å². The first-order valence-corrected chi connectivity index (χ1v) is 9.18. The molecular formula is C20H27N3O3. The number of aryl methyl sites for hydroxylation is 1. The first-order chi connectivity index (χ1) is 12.6. The summed E-state index contributed by atoms with van der Waals surface area (Å²) < 4.78 is 12.8. The van der Waals surface area contributed by atoms with Gasteiger partial charge in [0, 0.05) is 31.9 Å². The van der Waals surface area contributed by atoms with Crippen LogP contribution < -0.4 is 4.74 Å². The highest BCUT2D eigenvalue weighted by molar-refractivity contribution is 5.95. The number of hydrogen-bond donors (Lipinski definition) is 0. The van der Waals surface area contributed by atoms with Crippen LogP contribution in [0.4, 0.5) is 0 Å². The molecule has 1 aliphatic rings. The van der Waals surface area contributed by atoms with E-state index in [1.54, 1.807) is 13.3 Å². The average Bonchev–Trinajstić information content (AvgIpc) is 3.30. The monoisotopic (exact) mass is 357 g/mol. The summed E-state index contributed by atoms with van der Waals surface area (Å²) in [7, 11) is 1.65. The second-order valence-electron chi connectivity index (χ2n) is 6.63. The molecule has 6 nitrogen and oxygen atoms in total. The molecule has 140 valence electrons. The fourth-order valence-corrected chi connectivity index (χ4v) is 3.35. The van der Waals surface area contributed by atoms with Crippen molar-refractivity contribution >= 4 is 5.91 Å². The van der Waals surface area contributed by atoms with E-state index < -0.39 is 0 Å². The Hall–Kier alpha value is -2.34. The van der Waals surface area contributed by atoms with Gasteiger partial charge in [0.25, 0.3) is 5.91 Å². The van der Waals surface area contributed by atoms with E-state index in [1.165, 1.54) is 0 Å². The van der Waals surface area contributed by atoms with Gasteiger partial charge in [-0.2, -0.15) is 5.10 Å². The summed E-state index contributed by atoms with van der Waals surface area (Å²) in [6, 6.07) is 7.84. The van der Waals surface area contributed by atoms with Gasteiger partial charge in [-0.15, -0.1) is 0 Å². The van der Waals surface area contributed by atoms with Crippen molar-refractivity contribution in [2.45, 2.75) is 45.9 Å². The summed E-state index contributed by atoms with van der Waals surface area (Å²) in [4.78, 5) is 15.1. The van der Waals surface area contributed by atoms with Crippen molar-refractivity contribution in [2.75, 3.05) is 20.3 Å². The Morgan fingerprint density at radius 2 is 2.15 bits per heavy atom. The van der Waals surface area contributed by atoms with Crippen LogP contribution in [0.1, 0.15) is 41.4 Å². The van der Waals surface area contributed by atoms with Gasteiger partial charge in [0.2, 0.25) is 0 Å². The summed E-state index contributed by atoms with van der Waals surface area (Å²) in [5, 5.41) is 4.32. The molecule has 3 rings (SSSR count). The maximum atomic E-state index is 13.2. The Bertz CT molecular complexity index is 733. The molecule has 1 aromatic carbocycles. The molecule has 1 atom stereocenters. The van der Waals surface area contributed by atoms with Gasteiger partial charge >= 0.3 is 0 Å². The molecule has 0 N–H and O–H groups in total. The van der Waals surface area contributed by atoms with Crippen LogP contribution in [0, 0.1) is 6.92 Å². The van der Waals surface area contributed by atoms with Crippen molar-refractivity contribution in [2.24, 2.45) is 0 Å². The maximum Gasteiger partial charge on any atom is 0.257 e. The second kappa shape index (κ2) is 8.36. The molecule has 0 saturated carbocycles. The lowest BCUT2D eigenvalue weighted by molar-refractivity contribution is 0.0506.